The number of imide groups is 1. The molecule has 2 bridgehead atoms. The Morgan fingerprint density at radius 1 is 0.967 bits per heavy atom. The van der Waals surface area contributed by atoms with Crippen molar-refractivity contribution < 1.29 is 14.4 Å². The molecule has 6 atom stereocenters. The monoisotopic (exact) mass is 530 g/mol. The van der Waals surface area contributed by atoms with Crippen molar-refractivity contribution in [3.8, 4) is 0 Å². The average Bonchev–Trinajstić information content (AvgIpc) is 3.34. The summed E-state index contributed by atoms with van der Waals surface area (Å²) in [5, 5.41) is 2.90. The van der Waals surface area contributed by atoms with Crippen LogP contribution in [-0.4, -0.2) is 27.4 Å². The van der Waals surface area contributed by atoms with Gasteiger partial charge in [0.1, 0.15) is 0 Å². The molecule has 2 aromatic carbocycles. The summed E-state index contributed by atoms with van der Waals surface area (Å²) in [7, 11) is 0. The van der Waals surface area contributed by atoms with Gasteiger partial charge >= 0.3 is 0 Å². The fraction of sp³-hybridized carbons (Fsp3) is 0.348. The van der Waals surface area contributed by atoms with Gasteiger partial charge in [-0.25, -0.2) is 0 Å². The van der Waals surface area contributed by atoms with E-state index >= 15 is 0 Å². The Labute approximate surface area is 191 Å². The van der Waals surface area contributed by atoms with E-state index in [0.717, 1.165) is 17.7 Å². The number of fused-ring (bicyclic) bond motifs is 5. The van der Waals surface area contributed by atoms with E-state index < -0.39 is 0 Å². The highest BCUT2D eigenvalue weighted by atomic mass is 79.9. The highest BCUT2D eigenvalue weighted by molar-refractivity contribution is 9.12. The highest BCUT2D eigenvalue weighted by Crippen LogP contribution is 2.60. The van der Waals surface area contributed by atoms with Gasteiger partial charge in [-0.2, -0.15) is 0 Å². The number of nitrogens with zero attached hydrogens (tertiary/aromatic N) is 1. The Morgan fingerprint density at radius 2 is 1.60 bits per heavy atom. The zero-order valence-electron chi connectivity index (χ0n) is 16.2. The van der Waals surface area contributed by atoms with Crippen LogP contribution in [0.3, 0.4) is 0 Å². The number of nitrogens with one attached hydrogen (secondary N) is 1. The maximum absolute atomic E-state index is 13.2. The summed E-state index contributed by atoms with van der Waals surface area (Å²) in [4.78, 5) is 40.9. The molecule has 0 unspecified atom stereocenters. The molecule has 0 spiro atoms. The largest absolute Gasteiger partial charge is 0.322 e. The molecule has 2 aliphatic carbocycles. The Balaban J connectivity index is 1.42. The molecule has 2 saturated carbocycles. The van der Waals surface area contributed by atoms with Crippen molar-refractivity contribution in [2.45, 2.75) is 23.0 Å². The van der Waals surface area contributed by atoms with Crippen LogP contribution < -0.4 is 10.2 Å². The maximum atomic E-state index is 13.2. The van der Waals surface area contributed by atoms with Crippen molar-refractivity contribution in [3.05, 3.63) is 59.7 Å². The summed E-state index contributed by atoms with van der Waals surface area (Å²) in [6.45, 7) is 1.93. The summed E-state index contributed by atoms with van der Waals surface area (Å²) in [5.41, 5.74) is 2.57. The van der Waals surface area contributed by atoms with E-state index in [1.165, 1.54) is 4.90 Å². The quantitative estimate of drug-likeness (QED) is 0.467. The number of amides is 3. The van der Waals surface area contributed by atoms with Crippen molar-refractivity contribution in [2.75, 3.05) is 10.2 Å². The normalized spacial score (nSPS) is 31.9. The predicted octanol–water partition coefficient (Wildman–Crippen LogP) is 4.53. The lowest BCUT2D eigenvalue weighted by Crippen LogP contribution is -2.37. The van der Waals surface area contributed by atoms with E-state index in [1.807, 2.05) is 31.2 Å². The lowest BCUT2D eigenvalue weighted by atomic mass is 9.81. The molecule has 3 fully saturated rings. The summed E-state index contributed by atoms with van der Waals surface area (Å²) in [5.74, 6) is -0.769. The van der Waals surface area contributed by atoms with Crippen molar-refractivity contribution >= 4 is 61.0 Å². The van der Waals surface area contributed by atoms with Gasteiger partial charge in [-0.3, -0.25) is 19.3 Å². The average molecular weight is 532 g/mol. The molecule has 0 radical (unpaired) electrons. The molecule has 2 aromatic rings. The topological polar surface area (TPSA) is 66.5 Å². The second kappa shape index (κ2) is 7.31. The zero-order chi connectivity index (χ0) is 21.2. The van der Waals surface area contributed by atoms with Crippen LogP contribution in [-0.2, 0) is 9.59 Å². The zero-order valence-corrected chi connectivity index (χ0v) is 19.4. The maximum Gasteiger partial charge on any atom is 0.255 e. The van der Waals surface area contributed by atoms with E-state index in [1.54, 1.807) is 24.3 Å². The minimum atomic E-state index is -0.273. The van der Waals surface area contributed by atoms with Crippen LogP contribution in [0.2, 0.25) is 0 Å². The number of halogens is 2. The second-order valence-electron chi connectivity index (χ2n) is 8.34. The van der Waals surface area contributed by atoms with E-state index in [4.69, 9.17) is 0 Å². The van der Waals surface area contributed by atoms with Gasteiger partial charge in [-0.1, -0.05) is 56.1 Å². The molecule has 7 heteroatoms. The van der Waals surface area contributed by atoms with Crippen molar-refractivity contribution in [2.24, 2.45) is 23.7 Å². The Morgan fingerprint density at radius 3 is 2.23 bits per heavy atom. The first-order chi connectivity index (χ1) is 14.4. The first-order valence-electron chi connectivity index (χ1n) is 10.0. The van der Waals surface area contributed by atoms with E-state index in [0.29, 0.717) is 11.3 Å². The Hall–Kier alpha value is -1.99. The van der Waals surface area contributed by atoms with Crippen LogP contribution in [0, 0.1) is 30.6 Å². The van der Waals surface area contributed by atoms with E-state index in [2.05, 4.69) is 37.2 Å². The number of aryl methyl sites for hydroxylation is 1. The van der Waals surface area contributed by atoms with Crippen LogP contribution in [0.4, 0.5) is 11.4 Å². The molecular weight excluding hydrogens is 512 g/mol. The number of benzene rings is 2. The van der Waals surface area contributed by atoms with Crippen LogP contribution in [0.1, 0.15) is 22.3 Å². The highest BCUT2D eigenvalue weighted by Gasteiger charge is 2.66. The molecule has 1 N–H and O–H groups in total. The van der Waals surface area contributed by atoms with Crippen LogP contribution in [0.15, 0.2) is 48.5 Å². The number of carbonyl (C=O) groups is 3. The smallest absolute Gasteiger partial charge is 0.255 e. The van der Waals surface area contributed by atoms with Gasteiger partial charge in [-0.15, -0.1) is 0 Å². The lowest BCUT2D eigenvalue weighted by Gasteiger charge is -2.28. The second-order valence-corrected chi connectivity index (χ2v) is 10.4. The van der Waals surface area contributed by atoms with Crippen molar-refractivity contribution in [3.63, 3.8) is 0 Å². The molecule has 1 heterocycles. The Kier molecular flexibility index (Phi) is 4.86. The SMILES string of the molecule is Cc1ccccc1NC(=O)c1cccc(N2C(=O)[C@H]3[C@@H]4C[C@@H]([C@@H](Br)[C@H]4Br)[C@@H]3C2=O)c1. The Bertz CT molecular complexity index is 1040. The van der Waals surface area contributed by atoms with Crippen molar-refractivity contribution in [1.29, 1.82) is 0 Å². The number of hydrogen-bond acceptors (Lipinski definition) is 3. The third kappa shape index (κ3) is 2.89. The number of alkyl halides is 2. The summed E-state index contributed by atoms with van der Waals surface area (Å²) in [6.07, 6.45) is 0.894. The molecule has 0 aromatic heterocycles. The third-order valence-electron chi connectivity index (χ3n) is 6.75. The fourth-order valence-electron chi connectivity index (χ4n) is 5.30. The molecule has 30 heavy (non-hydrogen) atoms. The number of anilines is 2. The van der Waals surface area contributed by atoms with E-state index in [9.17, 15) is 14.4 Å². The van der Waals surface area contributed by atoms with Crippen LogP contribution in [0.5, 0.6) is 0 Å². The fourth-order valence-corrected chi connectivity index (χ4v) is 7.17. The van der Waals surface area contributed by atoms with Crippen LogP contribution >= 0.6 is 31.9 Å². The molecule has 5 rings (SSSR count). The van der Waals surface area contributed by atoms with Gasteiger partial charge in [-0.05, 0) is 55.0 Å². The van der Waals surface area contributed by atoms with Crippen molar-refractivity contribution in [1.82, 2.24) is 0 Å². The van der Waals surface area contributed by atoms with Gasteiger partial charge in [0.25, 0.3) is 5.91 Å². The number of carbonyl (C=O) groups excluding carboxylic acids is 3. The molecule has 154 valence electrons. The lowest BCUT2D eigenvalue weighted by molar-refractivity contribution is -0.123. The van der Waals surface area contributed by atoms with E-state index in [-0.39, 0.29) is 51.0 Å². The predicted molar refractivity (Wildman–Crippen MR) is 122 cm³/mol. The van der Waals surface area contributed by atoms with Gasteiger partial charge in [0.15, 0.2) is 0 Å². The third-order valence-corrected chi connectivity index (χ3v) is 9.95. The first-order valence-corrected chi connectivity index (χ1v) is 11.8. The van der Waals surface area contributed by atoms with Gasteiger partial charge in [0, 0.05) is 20.9 Å². The molecule has 3 amide bonds. The number of hydrogen-bond donors (Lipinski definition) is 1. The molecule has 1 saturated heterocycles. The summed E-state index contributed by atoms with van der Waals surface area (Å²) >= 11 is 7.41. The van der Waals surface area contributed by atoms with Gasteiger partial charge in [0.05, 0.1) is 17.5 Å². The molecule has 1 aliphatic heterocycles. The molecule has 3 aliphatic rings. The molecular formula is C23H20Br2N2O3. The number of para-hydroxylation sites is 1. The molecule has 5 nitrogen and oxygen atoms in total. The summed E-state index contributed by atoms with van der Waals surface area (Å²) in [6, 6.07) is 14.3. The first kappa shape index (κ1) is 19.9. The van der Waals surface area contributed by atoms with Gasteiger partial charge < -0.3 is 5.32 Å². The minimum Gasteiger partial charge on any atom is -0.322 e. The van der Waals surface area contributed by atoms with Gasteiger partial charge in [0.2, 0.25) is 11.8 Å². The minimum absolute atomic E-state index is 0.141. The standard InChI is InChI=1S/C23H20Br2N2O3/c1-11-5-2-3-8-16(11)26-21(28)12-6-4-7-13(9-12)27-22(29)17-14-10-15(18(17)23(27)30)20(25)19(14)24/h2-9,14-15,17-20H,10H2,1H3,(H,26,28)/t14-,15+,17-,18-,19-,20+/m0/s1. The summed E-state index contributed by atoms with van der Waals surface area (Å²) < 4.78 is 0. The number of rotatable bonds is 3. The van der Waals surface area contributed by atoms with Crippen LogP contribution in [0.25, 0.3) is 0 Å².